The van der Waals surface area contributed by atoms with E-state index in [-0.39, 0.29) is 18.0 Å². The molecule has 3 aromatic carbocycles. The number of nitrogens with one attached hydrogen (secondary N) is 1. The van der Waals surface area contributed by atoms with E-state index in [0.717, 1.165) is 16.7 Å². The fourth-order valence-corrected chi connectivity index (χ4v) is 4.52. The Morgan fingerprint density at radius 1 is 0.900 bits per heavy atom. The molecule has 0 saturated heterocycles. The fourth-order valence-electron chi connectivity index (χ4n) is 3.02. The zero-order valence-electron chi connectivity index (χ0n) is 16.8. The van der Waals surface area contributed by atoms with Crippen molar-refractivity contribution in [1.82, 2.24) is 4.31 Å². The molecule has 3 aromatic rings. The summed E-state index contributed by atoms with van der Waals surface area (Å²) in [5, 5.41) is 3.25. The first kappa shape index (κ1) is 22.0. The van der Waals surface area contributed by atoms with Crippen LogP contribution < -0.4 is 5.32 Å². The van der Waals surface area contributed by atoms with E-state index in [1.807, 2.05) is 56.3 Å². The summed E-state index contributed by atoms with van der Waals surface area (Å²) in [7, 11) is -3.92. The number of sulfonamides is 1. The number of amides is 1. The van der Waals surface area contributed by atoms with E-state index in [1.54, 1.807) is 6.07 Å². The third kappa shape index (κ3) is 5.27. The molecule has 0 unspecified atom stereocenters. The molecule has 0 aliphatic rings. The highest BCUT2D eigenvalue weighted by Crippen LogP contribution is 2.22. The summed E-state index contributed by atoms with van der Waals surface area (Å²) in [4.78, 5) is 12.8. The molecular weight excluding hydrogens is 420 g/mol. The summed E-state index contributed by atoms with van der Waals surface area (Å²) < 4.78 is 27.8. The van der Waals surface area contributed by atoms with Crippen LogP contribution in [0.2, 0.25) is 5.02 Å². The lowest BCUT2D eigenvalue weighted by atomic mass is 10.1. The van der Waals surface area contributed by atoms with Crippen LogP contribution in [0.4, 0.5) is 5.69 Å². The average molecular weight is 443 g/mol. The van der Waals surface area contributed by atoms with Crippen LogP contribution in [-0.2, 0) is 21.4 Å². The number of para-hydroxylation sites is 1. The highest BCUT2D eigenvalue weighted by molar-refractivity contribution is 7.89. The lowest BCUT2D eigenvalue weighted by Gasteiger charge is -2.23. The van der Waals surface area contributed by atoms with Crippen LogP contribution in [0, 0.1) is 13.8 Å². The van der Waals surface area contributed by atoms with Gasteiger partial charge >= 0.3 is 0 Å². The third-order valence-electron chi connectivity index (χ3n) is 4.80. The van der Waals surface area contributed by atoms with E-state index in [2.05, 4.69) is 5.32 Å². The summed E-state index contributed by atoms with van der Waals surface area (Å²) in [5.74, 6) is -0.407. The molecule has 0 aromatic heterocycles. The number of hydrogen-bond donors (Lipinski definition) is 1. The number of rotatable bonds is 7. The molecule has 0 saturated carbocycles. The summed E-state index contributed by atoms with van der Waals surface area (Å²) in [6.07, 6.45) is 0. The number of aryl methyl sites for hydroxylation is 2. The lowest BCUT2D eigenvalue weighted by Crippen LogP contribution is -2.37. The van der Waals surface area contributed by atoms with Crippen LogP contribution in [0.3, 0.4) is 0 Å². The van der Waals surface area contributed by atoms with Crippen molar-refractivity contribution >= 4 is 33.2 Å². The first-order valence-corrected chi connectivity index (χ1v) is 11.2. The molecule has 1 N–H and O–H groups in total. The normalized spacial score (nSPS) is 11.5. The van der Waals surface area contributed by atoms with Gasteiger partial charge in [-0.15, -0.1) is 0 Å². The van der Waals surface area contributed by atoms with Crippen molar-refractivity contribution in [2.24, 2.45) is 0 Å². The molecule has 0 radical (unpaired) electrons. The average Bonchev–Trinajstić information content (AvgIpc) is 2.71. The van der Waals surface area contributed by atoms with E-state index >= 15 is 0 Å². The van der Waals surface area contributed by atoms with Crippen LogP contribution in [0.1, 0.15) is 16.7 Å². The molecule has 0 spiro atoms. The number of carbonyl (C=O) groups excluding carboxylic acids is 1. The van der Waals surface area contributed by atoms with Gasteiger partial charge in [-0.1, -0.05) is 54.1 Å². The summed E-state index contributed by atoms with van der Waals surface area (Å²) in [6, 6.07) is 20.8. The highest BCUT2D eigenvalue weighted by Gasteiger charge is 2.27. The number of carbonyl (C=O) groups is 1. The predicted octanol–water partition coefficient (Wildman–Crippen LogP) is 4.79. The van der Waals surface area contributed by atoms with Gasteiger partial charge in [-0.3, -0.25) is 4.79 Å². The number of nitrogens with zero attached hydrogens (tertiary/aromatic N) is 1. The minimum absolute atomic E-state index is 0.0822. The summed E-state index contributed by atoms with van der Waals surface area (Å²) in [5.41, 5.74) is 3.34. The molecule has 0 aliphatic carbocycles. The SMILES string of the molecule is Cc1ccccc1CN(CC(=O)Nc1ccccc1C)S(=O)(=O)c1ccc(Cl)cc1. The van der Waals surface area contributed by atoms with Gasteiger partial charge in [-0.25, -0.2) is 8.42 Å². The first-order chi connectivity index (χ1) is 14.3. The molecule has 30 heavy (non-hydrogen) atoms. The second-order valence-corrected chi connectivity index (χ2v) is 9.39. The number of anilines is 1. The first-order valence-electron chi connectivity index (χ1n) is 9.43. The van der Waals surface area contributed by atoms with E-state index in [0.29, 0.717) is 10.7 Å². The third-order valence-corrected chi connectivity index (χ3v) is 6.86. The minimum Gasteiger partial charge on any atom is -0.325 e. The lowest BCUT2D eigenvalue weighted by molar-refractivity contribution is -0.116. The predicted molar refractivity (Wildman–Crippen MR) is 120 cm³/mol. The van der Waals surface area contributed by atoms with Crippen molar-refractivity contribution in [3.05, 3.63) is 94.5 Å². The smallest absolute Gasteiger partial charge is 0.243 e. The van der Waals surface area contributed by atoms with Crippen LogP contribution >= 0.6 is 11.6 Å². The Balaban J connectivity index is 1.91. The second-order valence-electron chi connectivity index (χ2n) is 7.02. The van der Waals surface area contributed by atoms with Gasteiger partial charge in [-0.05, 0) is 60.9 Å². The Bertz CT molecular complexity index is 1150. The monoisotopic (exact) mass is 442 g/mol. The number of benzene rings is 3. The Morgan fingerprint density at radius 2 is 1.50 bits per heavy atom. The molecule has 5 nitrogen and oxygen atoms in total. The maximum atomic E-state index is 13.3. The Morgan fingerprint density at radius 3 is 2.13 bits per heavy atom. The molecule has 0 atom stereocenters. The van der Waals surface area contributed by atoms with Gasteiger partial charge in [0.15, 0.2) is 0 Å². The van der Waals surface area contributed by atoms with Crippen molar-refractivity contribution < 1.29 is 13.2 Å². The zero-order chi connectivity index (χ0) is 21.7. The van der Waals surface area contributed by atoms with Crippen molar-refractivity contribution in [2.45, 2.75) is 25.3 Å². The van der Waals surface area contributed by atoms with E-state index < -0.39 is 15.9 Å². The molecule has 0 bridgehead atoms. The molecule has 3 rings (SSSR count). The van der Waals surface area contributed by atoms with Crippen LogP contribution in [0.5, 0.6) is 0 Å². The second kappa shape index (κ2) is 9.43. The number of hydrogen-bond acceptors (Lipinski definition) is 3. The van der Waals surface area contributed by atoms with Gasteiger partial charge in [0.2, 0.25) is 15.9 Å². The quantitative estimate of drug-likeness (QED) is 0.572. The number of halogens is 1. The van der Waals surface area contributed by atoms with Crippen LogP contribution in [-0.4, -0.2) is 25.2 Å². The van der Waals surface area contributed by atoms with Gasteiger partial charge in [0.25, 0.3) is 0 Å². The maximum absolute atomic E-state index is 13.3. The highest BCUT2D eigenvalue weighted by atomic mass is 35.5. The molecule has 0 fully saturated rings. The van der Waals surface area contributed by atoms with Gasteiger partial charge in [-0.2, -0.15) is 4.31 Å². The minimum atomic E-state index is -3.92. The van der Waals surface area contributed by atoms with Crippen LogP contribution in [0.15, 0.2) is 77.7 Å². The van der Waals surface area contributed by atoms with Gasteiger partial charge in [0.05, 0.1) is 11.4 Å². The Hall–Kier alpha value is -2.67. The summed E-state index contributed by atoms with van der Waals surface area (Å²) >= 11 is 5.91. The van der Waals surface area contributed by atoms with E-state index in [4.69, 9.17) is 11.6 Å². The van der Waals surface area contributed by atoms with Crippen molar-refractivity contribution in [3.8, 4) is 0 Å². The topological polar surface area (TPSA) is 66.5 Å². The zero-order valence-corrected chi connectivity index (χ0v) is 18.4. The largest absolute Gasteiger partial charge is 0.325 e. The Labute approximate surface area is 182 Å². The molecular formula is C23H23ClN2O3S. The van der Waals surface area contributed by atoms with Crippen molar-refractivity contribution in [3.63, 3.8) is 0 Å². The van der Waals surface area contributed by atoms with Crippen molar-refractivity contribution in [2.75, 3.05) is 11.9 Å². The standard InChI is InChI=1S/C23H23ClN2O3S/c1-17-7-3-5-9-19(17)15-26(30(28,29)21-13-11-20(24)12-14-21)16-23(27)25-22-10-6-4-8-18(22)2/h3-14H,15-16H2,1-2H3,(H,25,27). The Kier molecular flexibility index (Phi) is 6.92. The van der Waals surface area contributed by atoms with Gasteiger partial charge < -0.3 is 5.32 Å². The van der Waals surface area contributed by atoms with E-state index in [1.165, 1.54) is 28.6 Å². The summed E-state index contributed by atoms with van der Waals surface area (Å²) in [6.45, 7) is 3.56. The molecule has 7 heteroatoms. The molecule has 0 aliphatic heterocycles. The van der Waals surface area contributed by atoms with Gasteiger partial charge in [0.1, 0.15) is 0 Å². The van der Waals surface area contributed by atoms with E-state index in [9.17, 15) is 13.2 Å². The fraction of sp³-hybridized carbons (Fsp3) is 0.174. The maximum Gasteiger partial charge on any atom is 0.243 e. The van der Waals surface area contributed by atoms with Crippen LogP contribution in [0.25, 0.3) is 0 Å². The molecule has 0 heterocycles. The van der Waals surface area contributed by atoms with Crippen molar-refractivity contribution in [1.29, 1.82) is 0 Å². The molecule has 1 amide bonds. The van der Waals surface area contributed by atoms with Gasteiger partial charge in [0, 0.05) is 17.3 Å². The molecule has 156 valence electrons.